The van der Waals surface area contributed by atoms with Gasteiger partial charge in [-0.05, 0) is 36.0 Å². The minimum absolute atomic E-state index is 0.494. The molecule has 1 nitrogen and oxygen atoms in total. The third-order valence-electron chi connectivity index (χ3n) is 2.35. The minimum atomic E-state index is -0.494. The maximum absolute atomic E-state index is 6.37. The summed E-state index contributed by atoms with van der Waals surface area (Å²) in [6.45, 7) is 13.8. The van der Waals surface area contributed by atoms with Gasteiger partial charge in [0.05, 0.1) is 0 Å². The summed E-state index contributed by atoms with van der Waals surface area (Å²) in [7, 11) is -0.988. The van der Waals surface area contributed by atoms with Crippen molar-refractivity contribution < 1.29 is 4.12 Å². The predicted octanol–water partition coefficient (Wildman–Crippen LogP) is 4.34. The van der Waals surface area contributed by atoms with Gasteiger partial charge in [-0.1, -0.05) is 41.5 Å². The second-order valence-electron chi connectivity index (χ2n) is 5.08. The lowest BCUT2D eigenvalue weighted by molar-refractivity contribution is 0.536. The highest BCUT2D eigenvalue weighted by Gasteiger charge is 2.20. The highest BCUT2D eigenvalue weighted by atomic mass is 28.4. The molecule has 0 amide bonds. The van der Waals surface area contributed by atoms with Gasteiger partial charge in [-0.15, -0.1) is 0 Å². The van der Waals surface area contributed by atoms with Gasteiger partial charge in [0.1, 0.15) is 0 Å². The van der Waals surface area contributed by atoms with Crippen LogP contribution in [0.5, 0.6) is 0 Å². The van der Waals surface area contributed by atoms with Crippen LogP contribution in [-0.4, -0.2) is 18.1 Å². The maximum Gasteiger partial charge on any atom is 0.197 e. The van der Waals surface area contributed by atoms with Crippen LogP contribution in [0.2, 0.25) is 24.2 Å². The lowest BCUT2D eigenvalue weighted by Crippen LogP contribution is -2.30. The molecule has 0 heterocycles. The topological polar surface area (TPSA) is 9.23 Å². The standard InChI is InChI=1S/C12H28OSi2/c1-7-14(9-11(3)4)13-15(8-2)10-12(5)6/h11-12H,7-10H2,1-6H3. The van der Waals surface area contributed by atoms with Crippen molar-refractivity contribution in [3.63, 3.8) is 0 Å². The van der Waals surface area contributed by atoms with E-state index in [2.05, 4.69) is 41.5 Å². The third-order valence-corrected chi connectivity index (χ3v) is 8.78. The average molecular weight is 245 g/mol. The normalized spacial score (nSPS) is 12.4. The van der Waals surface area contributed by atoms with Crippen LogP contribution in [0.15, 0.2) is 0 Å². The molecule has 2 radical (unpaired) electrons. The van der Waals surface area contributed by atoms with Crippen LogP contribution in [0, 0.1) is 11.8 Å². The Kier molecular flexibility index (Phi) is 8.76. The van der Waals surface area contributed by atoms with Crippen molar-refractivity contribution >= 4 is 18.1 Å². The van der Waals surface area contributed by atoms with Gasteiger partial charge in [-0.2, -0.15) is 0 Å². The molecule has 0 saturated carbocycles. The summed E-state index contributed by atoms with van der Waals surface area (Å²) in [6, 6.07) is 5.20. The fourth-order valence-corrected chi connectivity index (χ4v) is 7.48. The Labute approximate surface area is 100 Å². The minimum Gasteiger partial charge on any atom is -0.455 e. The largest absolute Gasteiger partial charge is 0.455 e. The molecule has 0 atom stereocenters. The van der Waals surface area contributed by atoms with Gasteiger partial charge in [-0.3, -0.25) is 0 Å². The predicted molar refractivity (Wildman–Crippen MR) is 72.8 cm³/mol. The van der Waals surface area contributed by atoms with Crippen molar-refractivity contribution in [2.45, 2.75) is 65.7 Å². The van der Waals surface area contributed by atoms with Crippen molar-refractivity contribution in [1.29, 1.82) is 0 Å². The van der Waals surface area contributed by atoms with Gasteiger partial charge in [0.25, 0.3) is 0 Å². The van der Waals surface area contributed by atoms with Crippen molar-refractivity contribution in [2.24, 2.45) is 11.8 Å². The van der Waals surface area contributed by atoms with E-state index in [4.69, 9.17) is 4.12 Å². The Balaban J connectivity index is 3.99. The molecule has 15 heavy (non-hydrogen) atoms. The summed E-state index contributed by atoms with van der Waals surface area (Å²) in [5.41, 5.74) is 0. The summed E-state index contributed by atoms with van der Waals surface area (Å²) in [4.78, 5) is 0. The Morgan fingerprint density at radius 1 is 0.800 bits per heavy atom. The maximum atomic E-state index is 6.37. The van der Waals surface area contributed by atoms with E-state index in [1.54, 1.807) is 0 Å². The molecule has 0 aromatic rings. The second-order valence-corrected chi connectivity index (χ2v) is 10.3. The SMILES string of the molecule is CC[Si](CC(C)C)O[Si](CC)CC(C)C. The van der Waals surface area contributed by atoms with Crippen molar-refractivity contribution in [2.75, 3.05) is 0 Å². The second kappa shape index (κ2) is 8.53. The average Bonchev–Trinajstić information content (AvgIpc) is 2.14. The lowest BCUT2D eigenvalue weighted by atomic mass is 10.3. The first-order valence-electron chi connectivity index (χ1n) is 6.36. The quantitative estimate of drug-likeness (QED) is 0.577. The van der Waals surface area contributed by atoms with E-state index in [1.165, 1.54) is 24.2 Å². The Hall–Kier alpha value is 0.394. The fraction of sp³-hybridized carbons (Fsp3) is 1.00. The van der Waals surface area contributed by atoms with E-state index < -0.39 is 18.1 Å². The smallest absolute Gasteiger partial charge is 0.197 e. The van der Waals surface area contributed by atoms with Crippen LogP contribution >= 0.6 is 0 Å². The monoisotopic (exact) mass is 244 g/mol. The zero-order chi connectivity index (χ0) is 11.8. The van der Waals surface area contributed by atoms with E-state index in [-0.39, 0.29) is 0 Å². The highest BCUT2D eigenvalue weighted by molar-refractivity contribution is 6.66. The van der Waals surface area contributed by atoms with E-state index in [0.29, 0.717) is 0 Å². The van der Waals surface area contributed by atoms with Crippen molar-refractivity contribution in [3.05, 3.63) is 0 Å². The van der Waals surface area contributed by atoms with Crippen LogP contribution in [0.4, 0.5) is 0 Å². The molecular formula is C12H28OSi2. The molecule has 0 bridgehead atoms. The summed E-state index contributed by atoms with van der Waals surface area (Å²) in [6.07, 6.45) is 0. The summed E-state index contributed by atoms with van der Waals surface area (Å²) >= 11 is 0. The molecule has 0 fully saturated rings. The van der Waals surface area contributed by atoms with Crippen LogP contribution in [0.3, 0.4) is 0 Å². The van der Waals surface area contributed by atoms with Crippen LogP contribution < -0.4 is 0 Å². The van der Waals surface area contributed by atoms with Crippen LogP contribution in [-0.2, 0) is 4.12 Å². The summed E-state index contributed by atoms with van der Waals surface area (Å²) < 4.78 is 6.37. The molecule has 90 valence electrons. The number of rotatable bonds is 8. The molecule has 3 heteroatoms. The molecule has 0 rings (SSSR count). The van der Waals surface area contributed by atoms with Gasteiger partial charge in [0.15, 0.2) is 18.1 Å². The molecule has 0 aliphatic heterocycles. The highest BCUT2D eigenvalue weighted by Crippen LogP contribution is 2.16. The molecular weight excluding hydrogens is 216 g/mol. The van der Waals surface area contributed by atoms with Crippen molar-refractivity contribution in [3.8, 4) is 0 Å². The third kappa shape index (κ3) is 8.23. The molecule has 0 spiro atoms. The van der Waals surface area contributed by atoms with Gasteiger partial charge < -0.3 is 4.12 Å². The fourth-order valence-electron chi connectivity index (χ4n) is 1.63. The molecule has 0 aromatic carbocycles. The van der Waals surface area contributed by atoms with Gasteiger partial charge in [-0.25, -0.2) is 0 Å². The molecule has 0 aliphatic carbocycles. The summed E-state index contributed by atoms with van der Waals surface area (Å²) in [5.74, 6) is 1.61. The first kappa shape index (κ1) is 15.4. The Morgan fingerprint density at radius 2 is 1.13 bits per heavy atom. The van der Waals surface area contributed by atoms with Gasteiger partial charge >= 0.3 is 0 Å². The molecule has 0 aromatic heterocycles. The van der Waals surface area contributed by atoms with E-state index >= 15 is 0 Å². The zero-order valence-corrected chi connectivity index (χ0v) is 13.4. The molecule has 0 unspecified atom stereocenters. The van der Waals surface area contributed by atoms with E-state index in [1.807, 2.05) is 0 Å². The van der Waals surface area contributed by atoms with Crippen LogP contribution in [0.1, 0.15) is 41.5 Å². The van der Waals surface area contributed by atoms with E-state index in [9.17, 15) is 0 Å². The molecule has 0 N–H and O–H groups in total. The zero-order valence-electron chi connectivity index (χ0n) is 11.4. The van der Waals surface area contributed by atoms with Gasteiger partial charge in [0, 0.05) is 0 Å². The first-order valence-corrected chi connectivity index (χ1v) is 10.0. The van der Waals surface area contributed by atoms with Crippen molar-refractivity contribution in [1.82, 2.24) is 0 Å². The molecule has 0 aliphatic rings. The summed E-state index contributed by atoms with van der Waals surface area (Å²) in [5, 5.41) is 0. The lowest BCUT2D eigenvalue weighted by Gasteiger charge is -2.23. The first-order chi connectivity index (χ1) is 6.99. The number of hydrogen-bond donors (Lipinski definition) is 0. The van der Waals surface area contributed by atoms with Gasteiger partial charge in [0.2, 0.25) is 0 Å². The van der Waals surface area contributed by atoms with Crippen LogP contribution in [0.25, 0.3) is 0 Å². The Bertz CT molecular complexity index is 133. The molecule has 0 saturated heterocycles. The van der Waals surface area contributed by atoms with E-state index in [0.717, 1.165) is 11.8 Å². The Morgan fingerprint density at radius 3 is 1.33 bits per heavy atom. The number of hydrogen-bond acceptors (Lipinski definition) is 1.